The molecule has 3 aromatic rings. The number of carbonyl (C=O) groups excluding carboxylic acids is 1. The second-order valence-corrected chi connectivity index (χ2v) is 7.57. The van der Waals surface area contributed by atoms with Gasteiger partial charge in [-0.25, -0.2) is 9.37 Å². The van der Waals surface area contributed by atoms with Gasteiger partial charge in [-0.2, -0.15) is 0 Å². The average molecular weight is 435 g/mol. The van der Waals surface area contributed by atoms with Crippen LogP contribution in [0.15, 0.2) is 52.3 Å². The topological polar surface area (TPSA) is 51.2 Å². The van der Waals surface area contributed by atoms with Crippen molar-refractivity contribution in [1.29, 1.82) is 0 Å². The molecule has 1 heterocycles. The van der Waals surface area contributed by atoms with Gasteiger partial charge in [0, 0.05) is 27.5 Å². The van der Waals surface area contributed by atoms with E-state index in [9.17, 15) is 9.18 Å². The molecule has 1 N–H and O–H groups in total. The molecule has 0 unspecified atom stereocenters. The number of hydrogen-bond acceptors (Lipinski definition) is 4. The summed E-state index contributed by atoms with van der Waals surface area (Å²) in [7, 11) is 0. The van der Waals surface area contributed by atoms with Crippen LogP contribution < -0.4 is 10.1 Å². The number of aryl methyl sites for hydroxylation is 1. The Morgan fingerprint density at radius 2 is 2.04 bits per heavy atom. The Morgan fingerprint density at radius 1 is 1.27 bits per heavy atom. The van der Waals surface area contributed by atoms with Gasteiger partial charge in [0.05, 0.1) is 10.7 Å². The van der Waals surface area contributed by atoms with Gasteiger partial charge < -0.3 is 10.1 Å². The molecule has 7 heteroatoms. The van der Waals surface area contributed by atoms with Gasteiger partial charge in [-0.3, -0.25) is 4.79 Å². The third kappa shape index (κ3) is 4.89. The fourth-order valence-corrected chi connectivity index (χ4v) is 3.30. The molecule has 0 aliphatic rings. The van der Waals surface area contributed by atoms with E-state index >= 15 is 0 Å². The average Bonchev–Trinajstić information content (AvgIpc) is 3.06. The van der Waals surface area contributed by atoms with Gasteiger partial charge in [0.1, 0.15) is 18.2 Å². The normalized spacial score (nSPS) is 10.6. The summed E-state index contributed by atoms with van der Waals surface area (Å²) in [6.07, 6.45) is 0. The van der Waals surface area contributed by atoms with Crippen molar-refractivity contribution in [3.8, 4) is 5.75 Å². The van der Waals surface area contributed by atoms with Crippen LogP contribution in [-0.4, -0.2) is 10.9 Å². The molecule has 0 aliphatic carbocycles. The molecule has 26 heavy (non-hydrogen) atoms. The van der Waals surface area contributed by atoms with Crippen LogP contribution >= 0.6 is 27.3 Å². The van der Waals surface area contributed by atoms with Crippen LogP contribution in [0.25, 0.3) is 0 Å². The van der Waals surface area contributed by atoms with E-state index in [2.05, 4.69) is 26.2 Å². The molecule has 0 aliphatic heterocycles. The first-order valence-electron chi connectivity index (χ1n) is 7.87. The van der Waals surface area contributed by atoms with Crippen LogP contribution in [-0.2, 0) is 13.2 Å². The molecular weight excluding hydrogens is 419 g/mol. The molecule has 0 fully saturated rings. The van der Waals surface area contributed by atoms with Crippen molar-refractivity contribution in [2.75, 3.05) is 0 Å². The van der Waals surface area contributed by atoms with Crippen molar-refractivity contribution in [3.05, 3.63) is 80.0 Å². The van der Waals surface area contributed by atoms with Gasteiger partial charge in [0.25, 0.3) is 5.91 Å². The van der Waals surface area contributed by atoms with E-state index in [4.69, 9.17) is 4.74 Å². The van der Waals surface area contributed by atoms with Crippen molar-refractivity contribution < 1.29 is 13.9 Å². The standard InChI is InChI=1S/C19H16BrFN2O2S/c1-12-23-16(11-26-12)10-25-17-5-2-13(3-6-17)19(24)22-9-14-8-15(20)4-7-18(14)21/h2-8,11H,9-10H2,1H3,(H,22,24). The minimum Gasteiger partial charge on any atom is -0.487 e. The Balaban J connectivity index is 1.55. The van der Waals surface area contributed by atoms with Crippen LogP contribution in [0.2, 0.25) is 0 Å². The zero-order valence-electron chi connectivity index (χ0n) is 14.0. The number of rotatable bonds is 6. The lowest BCUT2D eigenvalue weighted by molar-refractivity contribution is 0.0950. The van der Waals surface area contributed by atoms with Crippen molar-refractivity contribution in [3.63, 3.8) is 0 Å². The second-order valence-electron chi connectivity index (χ2n) is 5.59. The van der Waals surface area contributed by atoms with Crippen LogP contribution in [0.1, 0.15) is 26.6 Å². The summed E-state index contributed by atoms with van der Waals surface area (Å²) in [4.78, 5) is 16.5. The zero-order valence-corrected chi connectivity index (χ0v) is 16.4. The molecule has 2 aromatic carbocycles. The molecule has 134 valence electrons. The summed E-state index contributed by atoms with van der Waals surface area (Å²) < 4.78 is 20.1. The number of carbonyl (C=O) groups is 1. The lowest BCUT2D eigenvalue weighted by atomic mass is 10.2. The smallest absolute Gasteiger partial charge is 0.251 e. The summed E-state index contributed by atoms with van der Waals surface area (Å²) in [5.74, 6) is 0.0332. The molecule has 0 radical (unpaired) electrons. The van der Waals surface area contributed by atoms with E-state index < -0.39 is 0 Å². The Labute approximate surface area is 163 Å². The van der Waals surface area contributed by atoms with E-state index in [-0.39, 0.29) is 18.3 Å². The van der Waals surface area contributed by atoms with Crippen LogP contribution in [0.3, 0.4) is 0 Å². The number of hydrogen-bond donors (Lipinski definition) is 1. The number of thiazole rings is 1. The van der Waals surface area contributed by atoms with Crippen molar-refractivity contribution in [1.82, 2.24) is 10.3 Å². The van der Waals surface area contributed by atoms with Gasteiger partial charge in [-0.1, -0.05) is 15.9 Å². The highest BCUT2D eigenvalue weighted by Crippen LogP contribution is 2.17. The highest BCUT2D eigenvalue weighted by molar-refractivity contribution is 9.10. The Bertz CT molecular complexity index is 912. The third-order valence-electron chi connectivity index (χ3n) is 3.62. The number of halogens is 2. The maximum atomic E-state index is 13.7. The summed E-state index contributed by atoms with van der Waals surface area (Å²) in [6.45, 7) is 2.45. The number of amides is 1. The third-order valence-corrected chi connectivity index (χ3v) is 4.93. The fraction of sp³-hybridized carbons (Fsp3) is 0.158. The predicted molar refractivity (Wildman–Crippen MR) is 103 cm³/mol. The van der Waals surface area contributed by atoms with Crippen LogP contribution in [0, 0.1) is 12.7 Å². The predicted octanol–water partition coefficient (Wildman–Crippen LogP) is 4.86. The van der Waals surface area contributed by atoms with Gasteiger partial charge in [-0.15, -0.1) is 11.3 Å². The summed E-state index contributed by atoms with van der Waals surface area (Å²) in [5.41, 5.74) is 1.79. The first-order chi connectivity index (χ1) is 12.5. The minimum atomic E-state index is -0.352. The number of nitrogens with zero attached hydrogens (tertiary/aromatic N) is 1. The number of benzene rings is 2. The Morgan fingerprint density at radius 3 is 2.73 bits per heavy atom. The fourth-order valence-electron chi connectivity index (χ4n) is 2.29. The van der Waals surface area contributed by atoms with Crippen LogP contribution in [0.4, 0.5) is 4.39 Å². The molecule has 4 nitrogen and oxygen atoms in total. The molecular formula is C19H16BrFN2O2S. The lowest BCUT2D eigenvalue weighted by Crippen LogP contribution is -2.23. The summed E-state index contributed by atoms with van der Waals surface area (Å²) in [6, 6.07) is 11.4. The molecule has 0 atom stereocenters. The van der Waals surface area contributed by atoms with E-state index in [1.807, 2.05) is 12.3 Å². The van der Waals surface area contributed by atoms with Gasteiger partial charge in [0.2, 0.25) is 0 Å². The van der Waals surface area contributed by atoms with E-state index in [1.54, 1.807) is 47.7 Å². The summed E-state index contributed by atoms with van der Waals surface area (Å²) in [5, 5.41) is 5.67. The van der Waals surface area contributed by atoms with Gasteiger partial charge in [0.15, 0.2) is 0 Å². The zero-order chi connectivity index (χ0) is 18.5. The minimum absolute atomic E-state index is 0.117. The largest absolute Gasteiger partial charge is 0.487 e. The molecule has 0 bridgehead atoms. The summed E-state index contributed by atoms with van der Waals surface area (Å²) >= 11 is 4.87. The number of ether oxygens (including phenoxy) is 1. The lowest BCUT2D eigenvalue weighted by Gasteiger charge is -2.08. The van der Waals surface area contributed by atoms with E-state index in [0.29, 0.717) is 23.5 Å². The quantitative estimate of drug-likeness (QED) is 0.602. The van der Waals surface area contributed by atoms with Crippen LogP contribution in [0.5, 0.6) is 5.75 Å². The first-order valence-corrected chi connectivity index (χ1v) is 9.54. The second kappa shape index (κ2) is 8.42. The van der Waals surface area contributed by atoms with E-state index in [0.717, 1.165) is 15.2 Å². The molecule has 1 aromatic heterocycles. The van der Waals surface area contributed by atoms with Crippen molar-refractivity contribution >= 4 is 33.2 Å². The van der Waals surface area contributed by atoms with Gasteiger partial charge >= 0.3 is 0 Å². The van der Waals surface area contributed by atoms with Crippen molar-refractivity contribution in [2.24, 2.45) is 0 Å². The highest BCUT2D eigenvalue weighted by atomic mass is 79.9. The SMILES string of the molecule is Cc1nc(COc2ccc(C(=O)NCc3cc(Br)ccc3F)cc2)cs1. The highest BCUT2D eigenvalue weighted by Gasteiger charge is 2.08. The molecule has 0 saturated carbocycles. The first kappa shape index (κ1) is 18.5. The molecule has 0 spiro atoms. The molecule has 0 saturated heterocycles. The number of aromatic nitrogens is 1. The Kier molecular flexibility index (Phi) is 6.00. The van der Waals surface area contributed by atoms with Crippen molar-refractivity contribution in [2.45, 2.75) is 20.1 Å². The molecule has 3 rings (SSSR count). The maximum Gasteiger partial charge on any atom is 0.251 e. The monoisotopic (exact) mass is 434 g/mol. The van der Waals surface area contributed by atoms with E-state index in [1.165, 1.54) is 6.07 Å². The molecule has 1 amide bonds. The number of nitrogens with one attached hydrogen (secondary N) is 1. The Hall–Kier alpha value is -2.25. The maximum absolute atomic E-state index is 13.7. The van der Waals surface area contributed by atoms with Gasteiger partial charge in [-0.05, 0) is 49.4 Å².